The number of Topliss-reactive ketones (excluding diaryl/α,β-unsaturated/α-hetero) is 1. The van der Waals surface area contributed by atoms with E-state index in [1.807, 2.05) is 54.6 Å². The van der Waals surface area contributed by atoms with Gasteiger partial charge in [-0.05, 0) is 41.5 Å². The molecule has 3 nitrogen and oxygen atoms in total. The first-order valence-corrected chi connectivity index (χ1v) is 8.99. The summed E-state index contributed by atoms with van der Waals surface area (Å²) in [5.74, 6) is 1.40. The number of benzene rings is 3. The summed E-state index contributed by atoms with van der Waals surface area (Å²) in [4.78, 5) is 12.5. The van der Waals surface area contributed by atoms with E-state index in [9.17, 15) is 4.79 Å². The van der Waals surface area contributed by atoms with Crippen molar-refractivity contribution in [1.29, 1.82) is 0 Å². The van der Waals surface area contributed by atoms with Crippen molar-refractivity contribution in [1.82, 2.24) is 0 Å². The Labute approximate surface area is 160 Å². The summed E-state index contributed by atoms with van der Waals surface area (Å²) < 4.78 is 12.5. The van der Waals surface area contributed by atoms with Gasteiger partial charge in [-0.1, -0.05) is 58.4 Å². The second-order valence-corrected chi connectivity index (χ2v) is 6.84. The van der Waals surface area contributed by atoms with Crippen molar-refractivity contribution < 1.29 is 14.3 Å². The lowest BCUT2D eigenvalue weighted by Gasteiger charge is -2.07. The molecule has 1 heterocycles. The van der Waals surface area contributed by atoms with Crippen LogP contribution < -0.4 is 9.47 Å². The molecule has 0 saturated carbocycles. The van der Waals surface area contributed by atoms with E-state index in [1.54, 1.807) is 24.3 Å². The van der Waals surface area contributed by atoms with Gasteiger partial charge in [0.15, 0.2) is 5.76 Å². The molecule has 3 aromatic rings. The Bertz CT molecular complexity index is 993. The first kappa shape index (κ1) is 16.6. The molecule has 26 heavy (non-hydrogen) atoms. The van der Waals surface area contributed by atoms with E-state index in [0.29, 0.717) is 29.4 Å². The van der Waals surface area contributed by atoms with Gasteiger partial charge in [-0.15, -0.1) is 0 Å². The van der Waals surface area contributed by atoms with Crippen molar-refractivity contribution in [3.8, 4) is 11.5 Å². The lowest BCUT2D eigenvalue weighted by atomic mass is 10.1. The van der Waals surface area contributed by atoms with Crippen molar-refractivity contribution in [2.75, 3.05) is 0 Å². The zero-order valence-electron chi connectivity index (χ0n) is 13.8. The zero-order valence-corrected chi connectivity index (χ0v) is 15.4. The first-order chi connectivity index (χ1) is 12.7. The first-order valence-electron chi connectivity index (χ1n) is 8.20. The molecule has 0 radical (unpaired) electrons. The number of hydrogen-bond donors (Lipinski definition) is 0. The Morgan fingerprint density at radius 2 is 1.81 bits per heavy atom. The van der Waals surface area contributed by atoms with E-state index < -0.39 is 0 Å². The molecular formula is C22H15BrO3. The number of carbonyl (C=O) groups excluding carboxylic acids is 1. The average Bonchev–Trinajstić information content (AvgIpc) is 2.96. The van der Waals surface area contributed by atoms with E-state index in [-0.39, 0.29) is 5.78 Å². The van der Waals surface area contributed by atoms with Crippen LogP contribution in [0.3, 0.4) is 0 Å². The summed E-state index contributed by atoms with van der Waals surface area (Å²) >= 11 is 3.43. The van der Waals surface area contributed by atoms with Crippen LogP contribution in [0.5, 0.6) is 11.5 Å². The highest BCUT2D eigenvalue weighted by molar-refractivity contribution is 9.10. The van der Waals surface area contributed by atoms with Gasteiger partial charge in [0.1, 0.15) is 18.1 Å². The summed E-state index contributed by atoms with van der Waals surface area (Å²) in [7, 11) is 0. The minimum atomic E-state index is -0.116. The van der Waals surface area contributed by atoms with Gasteiger partial charge in [-0.25, -0.2) is 0 Å². The minimum absolute atomic E-state index is 0.116. The van der Waals surface area contributed by atoms with Gasteiger partial charge in [-0.2, -0.15) is 0 Å². The molecule has 0 N–H and O–H groups in total. The Morgan fingerprint density at radius 1 is 0.962 bits per heavy atom. The molecule has 0 aliphatic carbocycles. The normalized spacial score (nSPS) is 14.2. The van der Waals surface area contributed by atoms with Crippen LogP contribution in [0.2, 0.25) is 0 Å². The molecule has 3 aromatic carbocycles. The Kier molecular flexibility index (Phi) is 4.59. The molecule has 4 heteroatoms. The third kappa shape index (κ3) is 3.55. The second kappa shape index (κ2) is 7.18. The molecule has 0 spiro atoms. The SMILES string of the molecule is O=C1/C(=C/c2cccc(Br)c2)Oc2cc(OCc3ccccc3)ccc21. The number of ether oxygens (including phenoxy) is 2. The molecular weight excluding hydrogens is 392 g/mol. The van der Waals surface area contributed by atoms with Gasteiger partial charge in [0, 0.05) is 10.5 Å². The zero-order chi connectivity index (χ0) is 17.9. The monoisotopic (exact) mass is 406 g/mol. The maximum absolute atomic E-state index is 12.5. The molecule has 0 aromatic heterocycles. The number of hydrogen-bond acceptors (Lipinski definition) is 3. The fraction of sp³-hybridized carbons (Fsp3) is 0.0455. The van der Waals surface area contributed by atoms with E-state index >= 15 is 0 Å². The molecule has 0 saturated heterocycles. The lowest BCUT2D eigenvalue weighted by molar-refractivity contribution is 0.101. The largest absolute Gasteiger partial charge is 0.489 e. The number of halogens is 1. The smallest absolute Gasteiger partial charge is 0.231 e. The molecule has 0 fully saturated rings. The summed E-state index contributed by atoms with van der Waals surface area (Å²) in [6.45, 7) is 0.467. The standard InChI is InChI=1S/C22H15BrO3/c23-17-8-4-7-16(11-17)12-21-22(24)19-10-9-18(13-20(19)26-21)25-14-15-5-2-1-3-6-15/h1-13H,14H2/b21-12-. The number of ketones is 1. The third-order valence-electron chi connectivity index (χ3n) is 4.04. The van der Waals surface area contributed by atoms with Crippen molar-refractivity contribution >= 4 is 27.8 Å². The topological polar surface area (TPSA) is 35.5 Å². The average molecular weight is 407 g/mol. The number of rotatable bonds is 4. The predicted molar refractivity (Wildman–Crippen MR) is 104 cm³/mol. The van der Waals surface area contributed by atoms with Gasteiger partial charge in [0.25, 0.3) is 0 Å². The van der Waals surface area contributed by atoms with Crippen molar-refractivity contribution in [3.63, 3.8) is 0 Å². The van der Waals surface area contributed by atoms with Crippen LogP contribution in [0.1, 0.15) is 21.5 Å². The lowest BCUT2D eigenvalue weighted by Crippen LogP contribution is -1.98. The van der Waals surface area contributed by atoms with Crippen molar-refractivity contribution in [3.05, 3.63) is 99.7 Å². The second-order valence-electron chi connectivity index (χ2n) is 5.93. The van der Waals surface area contributed by atoms with Crippen molar-refractivity contribution in [2.45, 2.75) is 6.61 Å². The summed E-state index contributed by atoms with van der Waals surface area (Å²) in [6, 6.07) is 22.9. The van der Waals surface area contributed by atoms with E-state index in [1.165, 1.54) is 0 Å². The number of carbonyl (C=O) groups is 1. The van der Waals surface area contributed by atoms with E-state index in [0.717, 1.165) is 15.6 Å². The van der Waals surface area contributed by atoms with Gasteiger partial charge in [0.05, 0.1) is 5.56 Å². The van der Waals surface area contributed by atoms with Gasteiger partial charge in [-0.3, -0.25) is 4.79 Å². The summed E-state index contributed by atoms with van der Waals surface area (Å²) in [5, 5.41) is 0. The van der Waals surface area contributed by atoms with Crippen LogP contribution in [0.4, 0.5) is 0 Å². The molecule has 0 unspecified atom stereocenters. The highest BCUT2D eigenvalue weighted by atomic mass is 79.9. The molecule has 0 atom stereocenters. The molecule has 0 amide bonds. The Hall–Kier alpha value is -2.85. The van der Waals surface area contributed by atoms with Crippen LogP contribution in [-0.2, 0) is 6.61 Å². The number of allylic oxidation sites excluding steroid dienone is 1. The maximum atomic E-state index is 12.5. The summed E-state index contributed by atoms with van der Waals surface area (Å²) in [5.41, 5.74) is 2.54. The highest BCUT2D eigenvalue weighted by Gasteiger charge is 2.27. The van der Waals surface area contributed by atoms with Crippen LogP contribution in [0, 0.1) is 0 Å². The van der Waals surface area contributed by atoms with Crippen LogP contribution in [0.15, 0.2) is 83.0 Å². The third-order valence-corrected chi connectivity index (χ3v) is 4.53. The maximum Gasteiger partial charge on any atom is 0.231 e. The van der Waals surface area contributed by atoms with Gasteiger partial charge >= 0.3 is 0 Å². The fourth-order valence-corrected chi connectivity index (χ4v) is 3.16. The van der Waals surface area contributed by atoms with Crippen LogP contribution in [0.25, 0.3) is 6.08 Å². The van der Waals surface area contributed by atoms with Crippen LogP contribution in [-0.4, -0.2) is 5.78 Å². The van der Waals surface area contributed by atoms with E-state index in [4.69, 9.17) is 9.47 Å². The molecule has 128 valence electrons. The van der Waals surface area contributed by atoms with Crippen LogP contribution >= 0.6 is 15.9 Å². The minimum Gasteiger partial charge on any atom is -0.489 e. The predicted octanol–water partition coefficient (Wildman–Crippen LogP) is 5.64. The summed E-state index contributed by atoms with van der Waals surface area (Å²) in [6.07, 6.45) is 1.75. The quantitative estimate of drug-likeness (QED) is 0.525. The van der Waals surface area contributed by atoms with Gasteiger partial charge in [0.2, 0.25) is 5.78 Å². The molecule has 1 aliphatic heterocycles. The van der Waals surface area contributed by atoms with E-state index in [2.05, 4.69) is 15.9 Å². The Morgan fingerprint density at radius 3 is 2.62 bits per heavy atom. The molecule has 1 aliphatic rings. The van der Waals surface area contributed by atoms with Gasteiger partial charge < -0.3 is 9.47 Å². The van der Waals surface area contributed by atoms with Crippen molar-refractivity contribution in [2.24, 2.45) is 0 Å². The number of fused-ring (bicyclic) bond motifs is 1. The fourth-order valence-electron chi connectivity index (χ4n) is 2.75. The molecule has 4 rings (SSSR count). The Balaban J connectivity index is 1.53. The highest BCUT2D eigenvalue weighted by Crippen LogP contribution is 2.35. The molecule has 0 bridgehead atoms.